The van der Waals surface area contributed by atoms with Crippen LogP contribution in [0.3, 0.4) is 0 Å². The van der Waals surface area contributed by atoms with Crippen molar-refractivity contribution in [3.05, 3.63) is 0 Å². The van der Waals surface area contributed by atoms with Crippen LogP contribution in [0, 0.1) is 0 Å². The van der Waals surface area contributed by atoms with Gasteiger partial charge in [-0.25, -0.2) is 0 Å². The smallest absolute Gasteiger partial charge is 0.251 e. The molecule has 1 amide bonds. The van der Waals surface area contributed by atoms with Crippen molar-refractivity contribution in [1.82, 2.24) is 5.32 Å². The number of aliphatic hydroxyl groups excluding tert-OH is 2. The molecule has 9 heteroatoms. The van der Waals surface area contributed by atoms with Gasteiger partial charge < -0.3 is 41.2 Å². The van der Waals surface area contributed by atoms with Gasteiger partial charge in [0.1, 0.15) is 24.4 Å². The average Bonchev–Trinajstić information content (AvgIpc) is 2.69. The van der Waals surface area contributed by atoms with Crippen LogP contribution in [0.25, 0.3) is 0 Å². The van der Waals surface area contributed by atoms with Crippen molar-refractivity contribution in [3.8, 4) is 0 Å². The van der Waals surface area contributed by atoms with Crippen molar-refractivity contribution < 1.29 is 29.2 Å². The number of carbonyl (C=O) groups is 1. The Hall–Kier alpha value is -0.810. The lowest BCUT2D eigenvalue weighted by Gasteiger charge is -2.44. The van der Waals surface area contributed by atoms with Gasteiger partial charge in [-0.15, -0.1) is 0 Å². The van der Waals surface area contributed by atoms with Crippen LogP contribution in [-0.2, 0) is 19.0 Å². The lowest BCUT2D eigenvalue weighted by Crippen LogP contribution is -2.65. The Morgan fingerprint density at radius 1 is 1.04 bits per heavy atom. The monoisotopic (exact) mass is 381 g/mol. The van der Waals surface area contributed by atoms with E-state index >= 15 is 0 Å². The molecule has 7 atom stereocenters. The van der Waals surface area contributed by atoms with Crippen LogP contribution in [0.5, 0.6) is 0 Å². The third-order valence-corrected chi connectivity index (χ3v) is 4.01. The van der Waals surface area contributed by atoms with E-state index in [4.69, 9.17) is 25.7 Å². The fourth-order valence-corrected chi connectivity index (χ4v) is 2.81. The molecule has 1 aliphatic carbocycles. The Morgan fingerprint density at radius 3 is 1.88 bits per heavy atom. The molecule has 9 nitrogen and oxygen atoms in total. The van der Waals surface area contributed by atoms with Gasteiger partial charge in [0.25, 0.3) is 5.91 Å². The molecule has 0 aromatic rings. The van der Waals surface area contributed by atoms with Gasteiger partial charge in [-0.1, -0.05) is 27.7 Å². The highest BCUT2D eigenvalue weighted by atomic mass is 16.6. The number of rotatable bonds is 7. The Balaban J connectivity index is 0. The van der Waals surface area contributed by atoms with E-state index in [9.17, 15) is 15.0 Å². The fraction of sp³-hybridized carbons (Fsp3) is 0.941. The highest BCUT2D eigenvalue weighted by Crippen LogP contribution is 2.25. The summed E-state index contributed by atoms with van der Waals surface area (Å²) in [6.07, 6.45) is -3.90. The molecule has 0 aromatic carbocycles. The van der Waals surface area contributed by atoms with Gasteiger partial charge in [-0.05, 0) is 6.42 Å². The molecule has 0 aromatic heterocycles. The quantitative estimate of drug-likeness (QED) is 0.376. The molecule has 7 N–H and O–H groups in total. The first-order chi connectivity index (χ1) is 12.4. The van der Waals surface area contributed by atoms with Crippen molar-refractivity contribution in [1.29, 1.82) is 0 Å². The molecule has 1 aliphatic rings. The zero-order valence-corrected chi connectivity index (χ0v) is 17.1. The Bertz CT molecular complexity index is 361. The summed E-state index contributed by atoms with van der Waals surface area (Å²) < 4.78 is 16.2. The SMILES string of the molecule is CC.CC.COC1[C@@H](OC)[C@H](OC)[C@@H](N)C[C@H]1NC(=O)C(O)C(O)CN. The minimum absolute atomic E-state index is 0.223. The Morgan fingerprint density at radius 2 is 1.50 bits per heavy atom. The normalized spacial score (nSPS) is 30.0. The summed E-state index contributed by atoms with van der Waals surface area (Å²) in [6.45, 7) is 7.78. The topological polar surface area (TPSA) is 149 Å². The number of nitrogens with two attached hydrogens (primary N) is 2. The minimum Gasteiger partial charge on any atom is -0.389 e. The second-order valence-electron chi connectivity index (χ2n) is 5.36. The van der Waals surface area contributed by atoms with Crippen molar-refractivity contribution in [3.63, 3.8) is 0 Å². The molecular weight excluding hydrogens is 342 g/mol. The molecule has 26 heavy (non-hydrogen) atoms. The van der Waals surface area contributed by atoms with Crippen LogP contribution in [0.2, 0.25) is 0 Å². The van der Waals surface area contributed by atoms with E-state index in [2.05, 4.69) is 5.32 Å². The van der Waals surface area contributed by atoms with Crippen molar-refractivity contribution in [2.45, 2.75) is 76.7 Å². The van der Waals surface area contributed by atoms with E-state index in [0.717, 1.165) is 0 Å². The van der Waals surface area contributed by atoms with Crippen molar-refractivity contribution in [2.24, 2.45) is 11.5 Å². The number of hydrogen-bond donors (Lipinski definition) is 5. The van der Waals surface area contributed by atoms with Gasteiger partial charge >= 0.3 is 0 Å². The van der Waals surface area contributed by atoms with Gasteiger partial charge in [0.05, 0.1) is 6.04 Å². The third-order valence-electron chi connectivity index (χ3n) is 4.01. The van der Waals surface area contributed by atoms with Gasteiger partial charge in [0, 0.05) is 33.9 Å². The molecule has 3 unspecified atom stereocenters. The first-order valence-corrected chi connectivity index (χ1v) is 9.11. The molecule has 0 spiro atoms. The first kappa shape index (κ1) is 27.4. The summed E-state index contributed by atoms with van der Waals surface area (Å²) in [5.74, 6) is -0.733. The first-order valence-electron chi connectivity index (χ1n) is 9.11. The zero-order chi connectivity index (χ0) is 20.9. The summed E-state index contributed by atoms with van der Waals surface area (Å²) in [6, 6.07) is -0.855. The number of hydrogen-bond acceptors (Lipinski definition) is 8. The van der Waals surface area contributed by atoms with E-state index in [0.29, 0.717) is 6.42 Å². The van der Waals surface area contributed by atoms with E-state index in [-0.39, 0.29) is 18.7 Å². The molecule has 1 fully saturated rings. The van der Waals surface area contributed by atoms with E-state index in [1.807, 2.05) is 27.7 Å². The predicted octanol–water partition coefficient (Wildman–Crippen LogP) is -1.02. The predicted molar refractivity (Wildman–Crippen MR) is 101 cm³/mol. The fourth-order valence-electron chi connectivity index (χ4n) is 2.81. The van der Waals surface area contributed by atoms with Crippen LogP contribution in [0.15, 0.2) is 0 Å². The number of amides is 1. The number of ether oxygens (including phenoxy) is 3. The lowest BCUT2D eigenvalue weighted by molar-refractivity contribution is -0.154. The number of carbonyl (C=O) groups excluding carboxylic acids is 1. The molecule has 0 heterocycles. The van der Waals surface area contributed by atoms with Crippen molar-refractivity contribution in [2.75, 3.05) is 27.9 Å². The number of methoxy groups -OCH3 is 3. The molecule has 158 valence electrons. The number of aliphatic hydroxyl groups is 2. The summed E-state index contributed by atoms with van der Waals surface area (Å²) in [5.41, 5.74) is 11.3. The average molecular weight is 382 g/mol. The highest BCUT2D eigenvalue weighted by molar-refractivity contribution is 5.81. The molecule has 0 bridgehead atoms. The summed E-state index contributed by atoms with van der Waals surface area (Å²) in [5, 5.41) is 21.8. The van der Waals surface area contributed by atoms with Crippen LogP contribution >= 0.6 is 0 Å². The molecule has 0 saturated heterocycles. The molecule has 0 radical (unpaired) electrons. The van der Waals surface area contributed by atoms with Crippen LogP contribution in [-0.4, -0.2) is 86.6 Å². The second kappa shape index (κ2) is 15.3. The van der Waals surface area contributed by atoms with Gasteiger partial charge in [0.2, 0.25) is 0 Å². The van der Waals surface area contributed by atoms with Gasteiger partial charge in [-0.3, -0.25) is 4.79 Å². The summed E-state index contributed by atoms with van der Waals surface area (Å²) in [7, 11) is 4.53. The second-order valence-corrected chi connectivity index (χ2v) is 5.36. The van der Waals surface area contributed by atoms with E-state index < -0.39 is 36.4 Å². The third kappa shape index (κ3) is 7.43. The standard InChI is InChI=1S/C13H27N3O6.2C2H6/c1-20-10-6(15)4-7(11(21-2)12(10)22-3)16-13(19)9(18)8(17)5-14;2*1-2/h6-12,17-18H,4-5,14-15H2,1-3H3,(H,16,19);2*1-2H3/t6-,7+,8?,9?,10+,11?,12-;;/m0../s1. The Labute approximate surface area is 157 Å². The lowest BCUT2D eigenvalue weighted by atomic mass is 9.83. The maximum absolute atomic E-state index is 12.0. The van der Waals surface area contributed by atoms with Crippen LogP contribution < -0.4 is 16.8 Å². The number of nitrogens with one attached hydrogen (secondary N) is 1. The molecule has 0 aliphatic heterocycles. The van der Waals surface area contributed by atoms with Gasteiger partial charge in [0.15, 0.2) is 6.10 Å². The van der Waals surface area contributed by atoms with Crippen molar-refractivity contribution >= 4 is 5.91 Å². The maximum Gasteiger partial charge on any atom is 0.251 e. The van der Waals surface area contributed by atoms with E-state index in [1.54, 1.807) is 0 Å². The largest absolute Gasteiger partial charge is 0.389 e. The summed E-state index contributed by atoms with van der Waals surface area (Å²) >= 11 is 0. The molecule has 1 saturated carbocycles. The maximum atomic E-state index is 12.0. The summed E-state index contributed by atoms with van der Waals surface area (Å²) in [4.78, 5) is 12.0. The highest BCUT2D eigenvalue weighted by Gasteiger charge is 2.45. The van der Waals surface area contributed by atoms with Gasteiger partial charge in [-0.2, -0.15) is 0 Å². The van der Waals surface area contributed by atoms with E-state index in [1.165, 1.54) is 21.3 Å². The Kier molecular flexibility index (Phi) is 16.1. The zero-order valence-electron chi connectivity index (χ0n) is 17.1. The van der Waals surface area contributed by atoms with Crippen LogP contribution in [0.1, 0.15) is 34.1 Å². The molecule has 1 rings (SSSR count). The minimum atomic E-state index is -1.61. The van der Waals surface area contributed by atoms with Crippen LogP contribution in [0.4, 0.5) is 0 Å². The molecular formula is C17H39N3O6.